The molecule has 0 aliphatic rings. The Hall–Kier alpha value is -0.0400. The summed E-state index contributed by atoms with van der Waals surface area (Å²) >= 11 is 0. The zero-order chi connectivity index (χ0) is 12.2. The molecule has 0 fully saturated rings. The summed E-state index contributed by atoms with van der Waals surface area (Å²) in [6, 6.07) is 0. The average Bonchev–Trinajstić information content (AvgIpc) is 2.26. The van der Waals surface area contributed by atoms with Crippen LogP contribution in [0.2, 0.25) is 0 Å². The molecule has 1 heteroatoms. The second kappa shape index (κ2) is 11.4. The molecule has 0 saturated carbocycles. The van der Waals surface area contributed by atoms with E-state index >= 15 is 0 Å². The highest BCUT2D eigenvalue weighted by molar-refractivity contribution is 4.59. The molecule has 0 aliphatic heterocycles. The van der Waals surface area contributed by atoms with Crippen LogP contribution >= 0.6 is 0 Å². The van der Waals surface area contributed by atoms with E-state index in [9.17, 15) is 0 Å². The third-order valence-corrected chi connectivity index (χ3v) is 3.58. The van der Waals surface area contributed by atoms with Crippen LogP contribution in [0.25, 0.3) is 0 Å². The second-order valence-corrected chi connectivity index (χ2v) is 5.53. The van der Waals surface area contributed by atoms with Crippen LogP contribution in [-0.4, -0.2) is 13.6 Å². The van der Waals surface area contributed by atoms with Crippen LogP contribution in [0.4, 0.5) is 0 Å². The summed E-state index contributed by atoms with van der Waals surface area (Å²) in [5.41, 5.74) is 0. The van der Waals surface area contributed by atoms with Crippen molar-refractivity contribution in [3.63, 3.8) is 0 Å². The van der Waals surface area contributed by atoms with E-state index in [1.807, 2.05) is 7.05 Å². The fourth-order valence-corrected chi connectivity index (χ4v) is 2.24. The minimum absolute atomic E-state index is 0.898. The van der Waals surface area contributed by atoms with Crippen molar-refractivity contribution in [1.82, 2.24) is 5.32 Å². The Morgan fingerprint density at radius 2 is 1.38 bits per heavy atom. The van der Waals surface area contributed by atoms with Crippen LogP contribution in [0.5, 0.6) is 0 Å². The molecular weight excluding hydrogens is 194 g/mol. The molecule has 0 rings (SSSR count). The standard InChI is InChI=1S/C15H33N/c1-5-6-7-9-14(2)10-8-11-15(3)12-13-16-4/h14-16H,5-13H2,1-4H3. The smallest absolute Gasteiger partial charge is 0.00494 e. The van der Waals surface area contributed by atoms with Crippen molar-refractivity contribution >= 4 is 0 Å². The van der Waals surface area contributed by atoms with E-state index in [1.54, 1.807) is 0 Å². The second-order valence-electron chi connectivity index (χ2n) is 5.53. The first-order valence-corrected chi connectivity index (χ1v) is 7.35. The Bertz CT molecular complexity index is 133. The van der Waals surface area contributed by atoms with Crippen molar-refractivity contribution in [1.29, 1.82) is 0 Å². The van der Waals surface area contributed by atoms with Gasteiger partial charge in [-0.1, -0.05) is 65.7 Å². The third kappa shape index (κ3) is 10.5. The third-order valence-electron chi connectivity index (χ3n) is 3.58. The molecule has 0 aromatic heterocycles. The Morgan fingerprint density at radius 3 is 1.94 bits per heavy atom. The van der Waals surface area contributed by atoms with E-state index in [1.165, 1.54) is 57.9 Å². The van der Waals surface area contributed by atoms with Crippen LogP contribution in [0.3, 0.4) is 0 Å². The molecule has 2 atom stereocenters. The molecule has 0 aromatic carbocycles. The van der Waals surface area contributed by atoms with Gasteiger partial charge in [0.2, 0.25) is 0 Å². The van der Waals surface area contributed by atoms with E-state index < -0.39 is 0 Å². The number of unbranched alkanes of at least 4 members (excludes halogenated alkanes) is 2. The van der Waals surface area contributed by atoms with Crippen LogP contribution in [-0.2, 0) is 0 Å². The minimum atomic E-state index is 0.898. The van der Waals surface area contributed by atoms with Crippen molar-refractivity contribution in [3.8, 4) is 0 Å². The zero-order valence-corrected chi connectivity index (χ0v) is 12.0. The summed E-state index contributed by atoms with van der Waals surface area (Å²) in [5, 5.41) is 3.23. The number of nitrogens with one attached hydrogen (secondary N) is 1. The summed E-state index contributed by atoms with van der Waals surface area (Å²) in [4.78, 5) is 0. The summed E-state index contributed by atoms with van der Waals surface area (Å²) in [6.45, 7) is 8.27. The lowest BCUT2D eigenvalue weighted by Crippen LogP contribution is -2.11. The van der Waals surface area contributed by atoms with Gasteiger partial charge in [-0.25, -0.2) is 0 Å². The van der Waals surface area contributed by atoms with Gasteiger partial charge < -0.3 is 5.32 Å². The van der Waals surface area contributed by atoms with Gasteiger partial charge in [-0.05, 0) is 31.8 Å². The predicted molar refractivity (Wildman–Crippen MR) is 74.9 cm³/mol. The van der Waals surface area contributed by atoms with Crippen LogP contribution in [0, 0.1) is 11.8 Å². The van der Waals surface area contributed by atoms with Gasteiger partial charge in [0, 0.05) is 0 Å². The minimum Gasteiger partial charge on any atom is -0.320 e. The SMILES string of the molecule is CCCCCC(C)CCCC(C)CCNC. The van der Waals surface area contributed by atoms with Gasteiger partial charge in [0.15, 0.2) is 0 Å². The summed E-state index contributed by atoms with van der Waals surface area (Å²) in [5.74, 6) is 1.85. The first-order valence-electron chi connectivity index (χ1n) is 7.35. The molecule has 0 saturated heterocycles. The lowest BCUT2D eigenvalue weighted by molar-refractivity contribution is 0.400. The topological polar surface area (TPSA) is 12.0 Å². The highest BCUT2D eigenvalue weighted by atomic mass is 14.8. The van der Waals surface area contributed by atoms with Crippen molar-refractivity contribution in [3.05, 3.63) is 0 Å². The Kier molecular flexibility index (Phi) is 11.4. The molecule has 98 valence electrons. The van der Waals surface area contributed by atoms with Crippen molar-refractivity contribution < 1.29 is 0 Å². The molecule has 16 heavy (non-hydrogen) atoms. The molecule has 1 nitrogen and oxygen atoms in total. The number of hydrogen-bond donors (Lipinski definition) is 1. The predicted octanol–water partition coefficient (Wildman–Crippen LogP) is 4.62. The summed E-state index contributed by atoms with van der Waals surface area (Å²) in [6.07, 6.45) is 11.3. The zero-order valence-electron chi connectivity index (χ0n) is 12.0. The maximum atomic E-state index is 3.23. The Balaban J connectivity index is 3.28. The van der Waals surface area contributed by atoms with Gasteiger partial charge in [-0.15, -0.1) is 0 Å². The van der Waals surface area contributed by atoms with E-state index in [0.717, 1.165) is 11.8 Å². The highest BCUT2D eigenvalue weighted by Gasteiger charge is 2.05. The van der Waals surface area contributed by atoms with Crippen molar-refractivity contribution in [2.45, 2.75) is 72.1 Å². The van der Waals surface area contributed by atoms with Gasteiger partial charge in [-0.3, -0.25) is 0 Å². The Labute approximate surface area is 103 Å². The summed E-state index contributed by atoms with van der Waals surface area (Å²) < 4.78 is 0. The van der Waals surface area contributed by atoms with E-state index in [-0.39, 0.29) is 0 Å². The van der Waals surface area contributed by atoms with Gasteiger partial charge >= 0.3 is 0 Å². The molecule has 0 bridgehead atoms. The van der Waals surface area contributed by atoms with Crippen LogP contribution in [0.15, 0.2) is 0 Å². The van der Waals surface area contributed by atoms with Gasteiger partial charge in [0.05, 0.1) is 0 Å². The lowest BCUT2D eigenvalue weighted by atomic mass is 9.93. The van der Waals surface area contributed by atoms with Gasteiger partial charge in [-0.2, -0.15) is 0 Å². The maximum Gasteiger partial charge on any atom is -0.00494 e. The van der Waals surface area contributed by atoms with E-state index in [4.69, 9.17) is 0 Å². The largest absolute Gasteiger partial charge is 0.320 e. The first kappa shape index (κ1) is 16.0. The lowest BCUT2D eigenvalue weighted by Gasteiger charge is -2.14. The number of rotatable bonds is 11. The molecular formula is C15H33N. The summed E-state index contributed by atoms with van der Waals surface area (Å²) in [7, 11) is 2.04. The molecule has 0 aliphatic carbocycles. The molecule has 2 unspecified atom stereocenters. The van der Waals surface area contributed by atoms with Crippen LogP contribution < -0.4 is 5.32 Å². The van der Waals surface area contributed by atoms with Crippen LogP contribution in [0.1, 0.15) is 72.1 Å². The fourth-order valence-electron chi connectivity index (χ4n) is 2.24. The van der Waals surface area contributed by atoms with Crippen molar-refractivity contribution in [2.24, 2.45) is 11.8 Å². The molecule has 0 radical (unpaired) electrons. The number of hydrogen-bond acceptors (Lipinski definition) is 1. The quantitative estimate of drug-likeness (QED) is 0.508. The molecule has 0 spiro atoms. The first-order chi connectivity index (χ1) is 7.70. The van der Waals surface area contributed by atoms with E-state index in [0.29, 0.717) is 0 Å². The average molecular weight is 227 g/mol. The normalized spacial score (nSPS) is 15.0. The maximum absolute atomic E-state index is 3.23. The molecule has 1 N–H and O–H groups in total. The monoisotopic (exact) mass is 227 g/mol. The van der Waals surface area contributed by atoms with Gasteiger partial charge in [0.25, 0.3) is 0 Å². The van der Waals surface area contributed by atoms with Gasteiger partial charge in [0.1, 0.15) is 0 Å². The molecule has 0 amide bonds. The van der Waals surface area contributed by atoms with Crippen molar-refractivity contribution in [2.75, 3.05) is 13.6 Å². The fraction of sp³-hybridized carbons (Fsp3) is 1.00. The molecule has 0 aromatic rings. The Morgan fingerprint density at radius 1 is 0.812 bits per heavy atom. The molecule has 0 heterocycles. The van der Waals surface area contributed by atoms with E-state index in [2.05, 4.69) is 26.1 Å². The highest BCUT2D eigenvalue weighted by Crippen LogP contribution is 2.19.